The van der Waals surface area contributed by atoms with Gasteiger partial charge in [0.15, 0.2) is 15.8 Å². The highest BCUT2D eigenvalue weighted by molar-refractivity contribution is 14.0. The van der Waals surface area contributed by atoms with Crippen molar-refractivity contribution in [2.75, 3.05) is 19.3 Å². The Labute approximate surface area is 199 Å². The van der Waals surface area contributed by atoms with Crippen LogP contribution in [0.2, 0.25) is 0 Å². The number of rotatable bonds is 8. The molecule has 0 fully saturated rings. The predicted molar refractivity (Wildman–Crippen MR) is 135 cm³/mol. The standard InChI is InChI=1S/C22H27FN4O2S.HI/c1-3-24-22(27-13-16-4-6-17(7-5-16)15-30(2,28)29)25-11-10-18-14-26-21-12-19(23)8-9-20(18)21;/h4-9,12,14,26H,3,10-11,13,15H2,1-2H3,(H2,24,25,27);1H. The van der Waals surface area contributed by atoms with Crippen molar-refractivity contribution in [1.82, 2.24) is 15.6 Å². The van der Waals surface area contributed by atoms with Gasteiger partial charge in [-0.15, -0.1) is 24.0 Å². The quantitative estimate of drug-likeness (QED) is 0.223. The van der Waals surface area contributed by atoms with Crippen LogP contribution >= 0.6 is 24.0 Å². The number of aromatic nitrogens is 1. The Bertz CT molecular complexity index is 1130. The third kappa shape index (κ3) is 7.80. The molecule has 1 aromatic heterocycles. The Morgan fingerprint density at radius 2 is 1.81 bits per heavy atom. The summed E-state index contributed by atoms with van der Waals surface area (Å²) in [5.74, 6) is 0.504. The lowest BCUT2D eigenvalue weighted by Gasteiger charge is -2.11. The Morgan fingerprint density at radius 3 is 2.48 bits per heavy atom. The van der Waals surface area contributed by atoms with Crippen LogP contribution in [0.15, 0.2) is 53.7 Å². The molecule has 1 heterocycles. The number of sulfone groups is 1. The highest BCUT2D eigenvalue weighted by Crippen LogP contribution is 2.19. The molecule has 0 saturated carbocycles. The molecule has 0 bridgehead atoms. The van der Waals surface area contributed by atoms with Crippen LogP contribution in [0.1, 0.15) is 23.6 Å². The average Bonchev–Trinajstić information content (AvgIpc) is 3.08. The molecule has 2 aromatic carbocycles. The van der Waals surface area contributed by atoms with Crippen molar-refractivity contribution >= 4 is 50.7 Å². The van der Waals surface area contributed by atoms with Gasteiger partial charge in [0.25, 0.3) is 0 Å². The van der Waals surface area contributed by atoms with Gasteiger partial charge in [-0.1, -0.05) is 24.3 Å². The van der Waals surface area contributed by atoms with E-state index >= 15 is 0 Å². The van der Waals surface area contributed by atoms with E-state index in [1.165, 1.54) is 18.4 Å². The summed E-state index contributed by atoms with van der Waals surface area (Å²) >= 11 is 0. The normalized spacial score (nSPS) is 11.9. The molecule has 3 aromatic rings. The Morgan fingerprint density at radius 1 is 1.10 bits per heavy atom. The fourth-order valence-electron chi connectivity index (χ4n) is 3.24. The van der Waals surface area contributed by atoms with Gasteiger partial charge in [-0.2, -0.15) is 0 Å². The van der Waals surface area contributed by atoms with Crippen LogP contribution in [-0.2, 0) is 28.6 Å². The number of guanidine groups is 1. The molecule has 9 heteroatoms. The second kappa shape index (κ2) is 11.5. The number of fused-ring (bicyclic) bond motifs is 1. The molecule has 0 radical (unpaired) electrons. The number of aromatic amines is 1. The van der Waals surface area contributed by atoms with Crippen LogP contribution in [0.3, 0.4) is 0 Å². The van der Waals surface area contributed by atoms with Gasteiger partial charge < -0.3 is 15.6 Å². The Kier molecular flexibility index (Phi) is 9.30. The fraction of sp³-hybridized carbons (Fsp3) is 0.318. The second-order valence-electron chi connectivity index (χ2n) is 7.26. The summed E-state index contributed by atoms with van der Waals surface area (Å²) in [5.41, 5.74) is 3.69. The summed E-state index contributed by atoms with van der Waals surface area (Å²) in [4.78, 5) is 7.71. The van der Waals surface area contributed by atoms with E-state index in [2.05, 4.69) is 20.6 Å². The van der Waals surface area contributed by atoms with Crippen LogP contribution in [0.25, 0.3) is 10.9 Å². The van der Waals surface area contributed by atoms with Crippen molar-refractivity contribution < 1.29 is 12.8 Å². The van der Waals surface area contributed by atoms with Gasteiger partial charge in [0.1, 0.15) is 5.82 Å². The molecule has 0 aliphatic rings. The molecule has 0 aliphatic carbocycles. The minimum Gasteiger partial charge on any atom is -0.361 e. The first-order valence-corrected chi connectivity index (χ1v) is 11.9. The van der Waals surface area contributed by atoms with Crippen LogP contribution in [0.4, 0.5) is 4.39 Å². The molecular formula is C22H28FIN4O2S. The maximum Gasteiger partial charge on any atom is 0.191 e. The highest BCUT2D eigenvalue weighted by Gasteiger charge is 2.06. The predicted octanol–water partition coefficient (Wildman–Crippen LogP) is 3.77. The van der Waals surface area contributed by atoms with E-state index in [0.29, 0.717) is 19.0 Å². The summed E-state index contributed by atoms with van der Waals surface area (Å²) in [6, 6.07) is 12.2. The Balaban J connectivity index is 0.00000341. The van der Waals surface area contributed by atoms with Crippen molar-refractivity contribution in [1.29, 1.82) is 0 Å². The van der Waals surface area contributed by atoms with Crippen LogP contribution in [0.5, 0.6) is 0 Å². The average molecular weight is 558 g/mol. The Hall–Kier alpha value is -2.14. The molecule has 0 aliphatic heterocycles. The number of H-pyrrole nitrogens is 1. The van der Waals surface area contributed by atoms with Crippen molar-refractivity contribution in [3.8, 4) is 0 Å². The summed E-state index contributed by atoms with van der Waals surface area (Å²) in [5, 5.41) is 7.56. The fourth-order valence-corrected chi connectivity index (χ4v) is 4.03. The summed E-state index contributed by atoms with van der Waals surface area (Å²) in [6.45, 7) is 3.92. The topological polar surface area (TPSA) is 86.3 Å². The van der Waals surface area contributed by atoms with E-state index in [4.69, 9.17) is 0 Å². The maximum absolute atomic E-state index is 13.3. The van der Waals surface area contributed by atoms with Crippen LogP contribution in [-0.4, -0.2) is 38.7 Å². The lowest BCUT2D eigenvalue weighted by atomic mass is 10.1. The molecule has 31 heavy (non-hydrogen) atoms. The molecule has 0 atom stereocenters. The van der Waals surface area contributed by atoms with Crippen molar-refractivity contribution in [2.45, 2.75) is 25.6 Å². The highest BCUT2D eigenvalue weighted by atomic mass is 127. The molecule has 168 valence electrons. The third-order valence-corrected chi connectivity index (χ3v) is 5.49. The number of hydrogen-bond donors (Lipinski definition) is 3. The van der Waals surface area contributed by atoms with Crippen molar-refractivity contribution in [3.05, 3.63) is 71.2 Å². The minimum absolute atomic E-state index is 0. The minimum atomic E-state index is -3.04. The number of aliphatic imine (C=N–C) groups is 1. The van der Waals surface area contributed by atoms with E-state index in [0.717, 1.165) is 40.6 Å². The van der Waals surface area contributed by atoms with Crippen LogP contribution in [0, 0.1) is 5.82 Å². The molecule has 6 nitrogen and oxygen atoms in total. The first kappa shape index (κ1) is 25.1. The number of halogens is 2. The molecular weight excluding hydrogens is 530 g/mol. The van der Waals surface area contributed by atoms with Gasteiger partial charge in [-0.25, -0.2) is 17.8 Å². The largest absolute Gasteiger partial charge is 0.361 e. The molecule has 3 rings (SSSR count). The molecule has 0 unspecified atom stereocenters. The zero-order valence-corrected chi connectivity index (χ0v) is 20.8. The monoisotopic (exact) mass is 558 g/mol. The summed E-state index contributed by atoms with van der Waals surface area (Å²) in [7, 11) is -3.04. The molecule has 0 saturated heterocycles. The number of nitrogens with one attached hydrogen (secondary N) is 3. The molecule has 0 spiro atoms. The van der Waals surface area contributed by atoms with Crippen LogP contribution < -0.4 is 10.6 Å². The maximum atomic E-state index is 13.3. The summed E-state index contributed by atoms with van der Waals surface area (Å²) < 4.78 is 36.1. The molecule has 0 amide bonds. The van der Waals surface area contributed by atoms with Gasteiger partial charge in [-0.05, 0) is 48.2 Å². The number of hydrogen-bond acceptors (Lipinski definition) is 3. The smallest absolute Gasteiger partial charge is 0.191 e. The zero-order chi connectivity index (χ0) is 21.6. The second-order valence-corrected chi connectivity index (χ2v) is 9.40. The van der Waals surface area contributed by atoms with Gasteiger partial charge in [-0.3, -0.25) is 0 Å². The number of benzene rings is 2. The SMILES string of the molecule is CCNC(=NCc1ccc(CS(C)(=O)=O)cc1)NCCc1c[nH]c2cc(F)ccc12.I. The van der Waals surface area contributed by atoms with Gasteiger partial charge in [0.2, 0.25) is 0 Å². The number of nitrogens with zero attached hydrogens (tertiary/aromatic N) is 1. The van der Waals surface area contributed by atoms with Gasteiger partial charge >= 0.3 is 0 Å². The van der Waals surface area contributed by atoms with E-state index in [-0.39, 0.29) is 35.5 Å². The van der Waals surface area contributed by atoms with Gasteiger partial charge in [0, 0.05) is 36.4 Å². The zero-order valence-electron chi connectivity index (χ0n) is 17.6. The van der Waals surface area contributed by atoms with Crippen molar-refractivity contribution in [2.24, 2.45) is 4.99 Å². The van der Waals surface area contributed by atoms with E-state index in [9.17, 15) is 12.8 Å². The van der Waals surface area contributed by atoms with E-state index in [1.807, 2.05) is 37.4 Å². The lowest BCUT2D eigenvalue weighted by molar-refractivity contribution is 0.601. The van der Waals surface area contributed by atoms with E-state index in [1.54, 1.807) is 6.07 Å². The molecule has 3 N–H and O–H groups in total. The van der Waals surface area contributed by atoms with Crippen molar-refractivity contribution in [3.63, 3.8) is 0 Å². The third-order valence-electron chi connectivity index (χ3n) is 4.63. The first-order valence-electron chi connectivity index (χ1n) is 9.87. The van der Waals surface area contributed by atoms with E-state index < -0.39 is 9.84 Å². The lowest BCUT2D eigenvalue weighted by Crippen LogP contribution is -2.38. The van der Waals surface area contributed by atoms with Gasteiger partial charge in [0.05, 0.1) is 12.3 Å². The first-order chi connectivity index (χ1) is 14.3. The summed E-state index contributed by atoms with van der Waals surface area (Å²) in [6.07, 6.45) is 3.91.